The summed E-state index contributed by atoms with van der Waals surface area (Å²) in [6.45, 7) is 7.59. The molecule has 1 aromatic heterocycles. The van der Waals surface area contributed by atoms with Gasteiger partial charge in [-0.1, -0.05) is 5.21 Å². The average Bonchev–Trinajstić information content (AvgIpc) is 2.81. The number of hydrogen-bond acceptors (Lipinski definition) is 5. The number of nitrogens with zero attached hydrogens (tertiary/aromatic N) is 5. The van der Waals surface area contributed by atoms with Gasteiger partial charge in [-0.3, -0.25) is 9.69 Å². The van der Waals surface area contributed by atoms with Crippen molar-refractivity contribution in [1.82, 2.24) is 30.1 Å². The number of amides is 1. The molecule has 2 atom stereocenters. The molecule has 0 aliphatic carbocycles. The summed E-state index contributed by atoms with van der Waals surface area (Å²) in [7, 11) is 2.11. The second-order valence-corrected chi connectivity index (χ2v) is 5.97. The quantitative estimate of drug-likeness (QED) is 0.796. The fraction of sp³-hybridized carbons (Fsp3) is 0.769. The number of piperazine rings is 1. The number of rotatable bonds is 2. The van der Waals surface area contributed by atoms with Crippen molar-refractivity contribution in [2.45, 2.75) is 32.0 Å². The van der Waals surface area contributed by atoms with E-state index in [1.807, 2.05) is 4.90 Å². The van der Waals surface area contributed by atoms with Crippen LogP contribution in [0.5, 0.6) is 0 Å². The zero-order chi connectivity index (χ0) is 14.3. The van der Waals surface area contributed by atoms with E-state index in [1.165, 1.54) is 0 Å². The molecule has 110 valence electrons. The lowest BCUT2D eigenvalue weighted by Crippen LogP contribution is -2.56. The van der Waals surface area contributed by atoms with Gasteiger partial charge in [0.2, 0.25) is 0 Å². The molecule has 20 heavy (non-hydrogen) atoms. The van der Waals surface area contributed by atoms with Gasteiger partial charge in [-0.2, -0.15) is 0 Å². The molecule has 3 rings (SSSR count). The van der Waals surface area contributed by atoms with Crippen LogP contribution >= 0.6 is 0 Å². The molecule has 0 spiro atoms. The van der Waals surface area contributed by atoms with Gasteiger partial charge < -0.3 is 10.2 Å². The van der Waals surface area contributed by atoms with Crippen LogP contribution in [0.4, 0.5) is 0 Å². The second kappa shape index (κ2) is 5.14. The molecular formula is C13H22N6O. The van der Waals surface area contributed by atoms with Crippen molar-refractivity contribution < 1.29 is 4.79 Å². The van der Waals surface area contributed by atoms with E-state index in [4.69, 9.17) is 0 Å². The highest BCUT2D eigenvalue weighted by molar-refractivity contribution is 5.92. The van der Waals surface area contributed by atoms with Gasteiger partial charge in [0.1, 0.15) is 0 Å². The molecule has 7 nitrogen and oxygen atoms in total. The van der Waals surface area contributed by atoms with E-state index >= 15 is 0 Å². The van der Waals surface area contributed by atoms with Gasteiger partial charge in [0.25, 0.3) is 5.91 Å². The third-order valence-corrected chi connectivity index (χ3v) is 4.51. The highest BCUT2D eigenvalue weighted by atomic mass is 16.2. The van der Waals surface area contributed by atoms with Crippen molar-refractivity contribution in [2.75, 3.05) is 33.2 Å². The van der Waals surface area contributed by atoms with Crippen LogP contribution in [0, 0.1) is 0 Å². The van der Waals surface area contributed by atoms with Gasteiger partial charge in [-0.25, -0.2) is 4.68 Å². The van der Waals surface area contributed by atoms with Crippen LogP contribution in [-0.2, 0) is 0 Å². The molecule has 1 aromatic rings. The molecule has 1 amide bonds. The number of likely N-dealkylation sites (N-methyl/N-ethyl adjacent to an activating group) is 1. The summed E-state index contributed by atoms with van der Waals surface area (Å²) in [4.78, 5) is 16.7. The lowest BCUT2D eigenvalue weighted by atomic mass is 10.1. The summed E-state index contributed by atoms with van der Waals surface area (Å²) >= 11 is 0. The third kappa shape index (κ3) is 2.31. The summed E-state index contributed by atoms with van der Waals surface area (Å²) in [5.74, 6) is -0.00432. The molecule has 3 heterocycles. The fourth-order valence-electron chi connectivity index (χ4n) is 2.75. The summed E-state index contributed by atoms with van der Waals surface area (Å²) in [5.41, 5.74) is 0.459. The van der Waals surface area contributed by atoms with Crippen molar-refractivity contribution in [1.29, 1.82) is 0 Å². The van der Waals surface area contributed by atoms with E-state index in [1.54, 1.807) is 10.9 Å². The molecule has 0 saturated carbocycles. The molecule has 1 N–H and O–H groups in total. The van der Waals surface area contributed by atoms with Gasteiger partial charge in [0.05, 0.1) is 12.2 Å². The maximum atomic E-state index is 12.5. The van der Waals surface area contributed by atoms with Crippen LogP contribution in [0.25, 0.3) is 0 Å². The Labute approximate surface area is 118 Å². The minimum absolute atomic E-state index is 0.00432. The first-order valence-corrected chi connectivity index (χ1v) is 7.20. The Bertz CT molecular complexity index is 485. The SMILES string of the molecule is CC1CN(C(=O)c2cn(C3CNC3)nn2)CC(C)N1C. The maximum absolute atomic E-state index is 12.5. The number of carbonyl (C=O) groups is 1. The zero-order valence-electron chi connectivity index (χ0n) is 12.3. The van der Waals surface area contributed by atoms with Crippen molar-refractivity contribution in [3.05, 3.63) is 11.9 Å². The van der Waals surface area contributed by atoms with Crippen molar-refractivity contribution in [3.8, 4) is 0 Å². The smallest absolute Gasteiger partial charge is 0.276 e. The first-order chi connectivity index (χ1) is 9.56. The van der Waals surface area contributed by atoms with E-state index < -0.39 is 0 Å². The molecule has 2 aliphatic heterocycles. The number of aromatic nitrogens is 3. The van der Waals surface area contributed by atoms with Crippen LogP contribution in [0.15, 0.2) is 6.20 Å². The number of carbonyl (C=O) groups excluding carboxylic acids is 1. The van der Waals surface area contributed by atoms with Gasteiger partial charge in [-0.15, -0.1) is 5.10 Å². The summed E-state index contributed by atoms with van der Waals surface area (Å²) < 4.78 is 1.80. The lowest BCUT2D eigenvalue weighted by molar-refractivity contribution is 0.0409. The summed E-state index contributed by atoms with van der Waals surface area (Å²) in [5, 5.41) is 11.3. The van der Waals surface area contributed by atoms with Crippen molar-refractivity contribution in [2.24, 2.45) is 0 Å². The lowest BCUT2D eigenvalue weighted by Gasteiger charge is -2.42. The average molecular weight is 278 g/mol. The Balaban J connectivity index is 1.70. The van der Waals surface area contributed by atoms with E-state index in [2.05, 4.69) is 41.4 Å². The standard InChI is InChI=1S/C13H22N6O/c1-9-6-18(7-10(2)17(9)3)13(20)12-8-19(16-15-12)11-4-14-5-11/h8-11,14H,4-7H2,1-3H3. The van der Waals surface area contributed by atoms with E-state index in [0.29, 0.717) is 23.8 Å². The van der Waals surface area contributed by atoms with Crippen molar-refractivity contribution >= 4 is 5.91 Å². The molecule has 0 radical (unpaired) electrons. The highest BCUT2D eigenvalue weighted by Gasteiger charge is 2.31. The first kappa shape index (κ1) is 13.5. The molecule has 7 heteroatoms. The van der Waals surface area contributed by atoms with Crippen LogP contribution in [-0.4, -0.2) is 76.0 Å². The normalized spacial score (nSPS) is 28.4. The predicted molar refractivity (Wildman–Crippen MR) is 74.5 cm³/mol. The molecule has 0 aromatic carbocycles. The Hall–Kier alpha value is -1.47. The van der Waals surface area contributed by atoms with Crippen LogP contribution in [0.3, 0.4) is 0 Å². The Morgan fingerprint density at radius 2 is 1.95 bits per heavy atom. The maximum Gasteiger partial charge on any atom is 0.276 e. The van der Waals surface area contributed by atoms with E-state index in [0.717, 1.165) is 26.2 Å². The van der Waals surface area contributed by atoms with E-state index in [-0.39, 0.29) is 5.91 Å². The van der Waals surface area contributed by atoms with Gasteiger partial charge >= 0.3 is 0 Å². The first-order valence-electron chi connectivity index (χ1n) is 7.20. The third-order valence-electron chi connectivity index (χ3n) is 4.51. The van der Waals surface area contributed by atoms with Crippen LogP contribution in [0.2, 0.25) is 0 Å². The van der Waals surface area contributed by atoms with Gasteiger partial charge in [-0.05, 0) is 20.9 Å². The molecule has 2 aliphatic rings. The van der Waals surface area contributed by atoms with Gasteiger partial charge in [0, 0.05) is 38.3 Å². The molecule has 2 unspecified atom stereocenters. The number of nitrogens with one attached hydrogen (secondary N) is 1. The largest absolute Gasteiger partial charge is 0.334 e. The van der Waals surface area contributed by atoms with Crippen LogP contribution in [0.1, 0.15) is 30.4 Å². The Morgan fingerprint density at radius 3 is 2.50 bits per heavy atom. The molecule has 2 saturated heterocycles. The molecule has 2 fully saturated rings. The van der Waals surface area contributed by atoms with E-state index in [9.17, 15) is 4.79 Å². The number of hydrogen-bond donors (Lipinski definition) is 1. The fourth-order valence-corrected chi connectivity index (χ4v) is 2.75. The van der Waals surface area contributed by atoms with Gasteiger partial charge in [0.15, 0.2) is 5.69 Å². The van der Waals surface area contributed by atoms with Crippen LogP contribution < -0.4 is 5.32 Å². The zero-order valence-corrected chi connectivity index (χ0v) is 12.3. The minimum Gasteiger partial charge on any atom is -0.334 e. The Morgan fingerprint density at radius 1 is 1.30 bits per heavy atom. The summed E-state index contributed by atoms with van der Waals surface area (Å²) in [6.07, 6.45) is 1.78. The molecule has 0 bridgehead atoms. The monoisotopic (exact) mass is 278 g/mol. The van der Waals surface area contributed by atoms with Crippen molar-refractivity contribution in [3.63, 3.8) is 0 Å². The summed E-state index contributed by atoms with van der Waals surface area (Å²) in [6, 6.07) is 1.08. The highest BCUT2D eigenvalue weighted by Crippen LogP contribution is 2.16. The Kier molecular flexibility index (Phi) is 3.47. The predicted octanol–water partition coefficient (Wildman–Crippen LogP) is -0.413. The molecular weight excluding hydrogens is 256 g/mol. The topological polar surface area (TPSA) is 66.3 Å². The minimum atomic E-state index is -0.00432. The second-order valence-electron chi connectivity index (χ2n) is 5.97.